The zero-order valence-electron chi connectivity index (χ0n) is 14.9. The van der Waals surface area contributed by atoms with Crippen LogP contribution in [0.3, 0.4) is 0 Å². The molecule has 1 saturated heterocycles. The standard InChI is InChI=1S/C18H27FN4O2/c1-3-14(2)20-17(24)12-22-8-10-23(11-9-22)13-18(25)21-16-6-4-15(19)5-7-16/h4-7,14H,3,8-13H2,1-2H3,(H,20,24)(H,21,25)/t14-/m1/s1. The summed E-state index contributed by atoms with van der Waals surface area (Å²) in [6.45, 7) is 7.75. The van der Waals surface area contributed by atoms with Crippen molar-refractivity contribution in [3.8, 4) is 0 Å². The molecule has 0 spiro atoms. The van der Waals surface area contributed by atoms with Crippen molar-refractivity contribution in [1.82, 2.24) is 15.1 Å². The van der Waals surface area contributed by atoms with Crippen LogP contribution in [-0.4, -0.2) is 66.9 Å². The van der Waals surface area contributed by atoms with Crippen LogP contribution in [0.2, 0.25) is 0 Å². The maximum atomic E-state index is 12.9. The summed E-state index contributed by atoms with van der Waals surface area (Å²) in [5.74, 6) is -0.391. The Kier molecular flexibility index (Phi) is 7.33. The normalized spacial score (nSPS) is 17.1. The van der Waals surface area contributed by atoms with E-state index >= 15 is 0 Å². The summed E-state index contributed by atoms with van der Waals surface area (Å²) in [6, 6.07) is 5.92. The number of anilines is 1. The van der Waals surface area contributed by atoms with Crippen molar-refractivity contribution in [1.29, 1.82) is 0 Å². The number of rotatable bonds is 7. The van der Waals surface area contributed by atoms with Crippen LogP contribution in [-0.2, 0) is 9.59 Å². The summed E-state index contributed by atoms with van der Waals surface area (Å²) in [6.07, 6.45) is 0.919. The van der Waals surface area contributed by atoms with Gasteiger partial charge in [0.25, 0.3) is 0 Å². The molecule has 138 valence electrons. The van der Waals surface area contributed by atoms with Crippen LogP contribution in [0.1, 0.15) is 20.3 Å². The van der Waals surface area contributed by atoms with Crippen molar-refractivity contribution in [2.24, 2.45) is 0 Å². The highest BCUT2D eigenvalue weighted by Gasteiger charge is 2.21. The quantitative estimate of drug-likeness (QED) is 0.778. The molecule has 0 bridgehead atoms. The lowest BCUT2D eigenvalue weighted by atomic mass is 10.2. The highest BCUT2D eigenvalue weighted by molar-refractivity contribution is 5.92. The molecule has 0 radical (unpaired) electrons. The monoisotopic (exact) mass is 350 g/mol. The fraction of sp³-hybridized carbons (Fsp3) is 0.556. The van der Waals surface area contributed by atoms with Gasteiger partial charge in [-0.05, 0) is 37.6 Å². The number of benzene rings is 1. The first-order valence-electron chi connectivity index (χ1n) is 8.75. The predicted molar refractivity (Wildman–Crippen MR) is 95.8 cm³/mol. The van der Waals surface area contributed by atoms with Crippen molar-refractivity contribution in [2.45, 2.75) is 26.3 Å². The number of amides is 2. The second-order valence-corrected chi connectivity index (χ2v) is 6.48. The van der Waals surface area contributed by atoms with Gasteiger partial charge in [0.05, 0.1) is 13.1 Å². The Hall–Kier alpha value is -1.99. The van der Waals surface area contributed by atoms with E-state index in [1.54, 1.807) is 12.1 Å². The van der Waals surface area contributed by atoms with E-state index in [9.17, 15) is 14.0 Å². The lowest BCUT2D eigenvalue weighted by Crippen LogP contribution is -2.51. The minimum Gasteiger partial charge on any atom is -0.353 e. The molecular weight excluding hydrogens is 323 g/mol. The van der Waals surface area contributed by atoms with Crippen molar-refractivity contribution in [3.05, 3.63) is 30.1 Å². The summed E-state index contributed by atoms with van der Waals surface area (Å²) in [7, 11) is 0. The van der Waals surface area contributed by atoms with Crippen molar-refractivity contribution in [3.63, 3.8) is 0 Å². The van der Waals surface area contributed by atoms with E-state index in [2.05, 4.69) is 20.4 Å². The van der Waals surface area contributed by atoms with Gasteiger partial charge in [0.15, 0.2) is 0 Å². The SMILES string of the molecule is CC[C@@H](C)NC(=O)CN1CCN(CC(=O)Nc2ccc(F)cc2)CC1. The predicted octanol–water partition coefficient (Wildman–Crippen LogP) is 1.30. The molecule has 6 nitrogen and oxygen atoms in total. The molecule has 1 aromatic carbocycles. The molecule has 1 heterocycles. The summed E-state index contributed by atoms with van der Waals surface area (Å²) < 4.78 is 12.9. The Labute approximate surface area is 148 Å². The van der Waals surface area contributed by atoms with Gasteiger partial charge >= 0.3 is 0 Å². The van der Waals surface area contributed by atoms with E-state index in [4.69, 9.17) is 0 Å². The van der Waals surface area contributed by atoms with Crippen LogP contribution < -0.4 is 10.6 Å². The van der Waals surface area contributed by atoms with Gasteiger partial charge in [0.2, 0.25) is 11.8 Å². The molecule has 1 aliphatic heterocycles. The van der Waals surface area contributed by atoms with E-state index < -0.39 is 0 Å². The Morgan fingerprint density at radius 2 is 1.56 bits per heavy atom. The van der Waals surface area contributed by atoms with E-state index in [0.717, 1.165) is 32.6 Å². The zero-order valence-corrected chi connectivity index (χ0v) is 14.9. The molecule has 0 aliphatic carbocycles. The molecular formula is C18H27FN4O2. The molecule has 0 saturated carbocycles. The van der Waals surface area contributed by atoms with Crippen LogP contribution in [0.5, 0.6) is 0 Å². The molecule has 1 aromatic rings. The summed E-state index contributed by atoms with van der Waals surface area (Å²) in [5.41, 5.74) is 0.590. The summed E-state index contributed by atoms with van der Waals surface area (Å²) in [5, 5.41) is 5.73. The number of piperazine rings is 1. The van der Waals surface area contributed by atoms with Crippen LogP contribution in [0, 0.1) is 5.82 Å². The Bertz CT molecular complexity index is 571. The first-order chi connectivity index (χ1) is 12.0. The third-order valence-corrected chi connectivity index (χ3v) is 4.35. The molecule has 1 aliphatic rings. The summed E-state index contributed by atoms with van der Waals surface area (Å²) in [4.78, 5) is 28.1. The fourth-order valence-electron chi connectivity index (χ4n) is 2.67. The van der Waals surface area contributed by atoms with Crippen LogP contribution in [0.4, 0.5) is 10.1 Å². The molecule has 2 rings (SSSR count). The topological polar surface area (TPSA) is 64.7 Å². The molecule has 2 N–H and O–H groups in total. The number of hydrogen-bond donors (Lipinski definition) is 2. The Morgan fingerprint density at radius 1 is 1.04 bits per heavy atom. The molecule has 0 aromatic heterocycles. The largest absolute Gasteiger partial charge is 0.353 e. The van der Waals surface area contributed by atoms with Gasteiger partial charge in [-0.15, -0.1) is 0 Å². The van der Waals surface area contributed by atoms with Crippen molar-refractivity contribution in [2.75, 3.05) is 44.6 Å². The lowest BCUT2D eigenvalue weighted by Gasteiger charge is -2.34. The van der Waals surface area contributed by atoms with Gasteiger partial charge in [-0.2, -0.15) is 0 Å². The van der Waals surface area contributed by atoms with Crippen LogP contribution in [0.25, 0.3) is 0 Å². The van der Waals surface area contributed by atoms with E-state index in [-0.39, 0.29) is 23.7 Å². The number of nitrogens with zero attached hydrogens (tertiary/aromatic N) is 2. The Morgan fingerprint density at radius 3 is 2.08 bits per heavy atom. The highest BCUT2D eigenvalue weighted by Crippen LogP contribution is 2.09. The maximum absolute atomic E-state index is 12.9. The first-order valence-corrected chi connectivity index (χ1v) is 8.75. The van der Waals surface area contributed by atoms with Crippen LogP contribution >= 0.6 is 0 Å². The van der Waals surface area contributed by atoms with Gasteiger partial charge in [0.1, 0.15) is 5.82 Å². The van der Waals surface area contributed by atoms with Gasteiger partial charge in [-0.3, -0.25) is 19.4 Å². The van der Waals surface area contributed by atoms with E-state index in [1.807, 2.05) is 13.8 Å². The number of halogens is 1. The number of carbonyl (C=O) groups excluding carboxylic acids is 2. The Balaban J connectivity index is 1.68. The van der Waals surface area contributed by atoms with Crippen molar-refractivity contribution >= 4 is 17.5 Å². The summed E-state index contributed by atoms with van der Waals surface area (Å²) >= 11 is 0. The molecule has 1 fully saturated rings. The molecule has 0 unspecified atom stereocenters. The molecule has 7 heteroatoms. The van der Waals surface area contributed by atoms with Crippen molar-refractivity contribution < 1.29 is 14.0 Å². The number of hydrogen-bond acceptors (Lipinski definition) is 4. The number of carbonyl (C=O) groups is 2. The minimum absolute atomic E-state index is 0.0526. The van der Waals surface area contributed by atoms with Gasteiger partial charge in [-0.1, -0.05) is 6.92 Å². The minimum atomic E-state index is -0.327. The molecule has 1 atom stereocenters. The average molecular weight is 350 g/mol. The third kappa shape index (κ3) is 6.80. The van der Waals surface area contributed by atoms with Crippen LogP contribution in [0.15, 0.2) is 24.3 Å². The van der Waals surface area contributed by atoms with Gasteiger partial charge < -0.3 is 10.6 Å². The second-order valence-electron chi connectivity index (χ2n) is 6.48. The third-order valence-electron chi connectivity index (χ3n) is 4.35. The van der Waals surface area contributed by atoms with E-state index in [1.165, 1.54) is 12.1 Å². The molecule has 2 amide bonds. The van der Waals surface area contributed by atoms with E-state index in [0.29, 0.717) is 18.8 Å². The number of nitrogens with one attached hydrogen (secondary N) is 2. The molecule has 25 heavy (non-hydrogen) atoms. The lowest BCUT2D eigenvalue weighted by molar-refractivity contribution is -0.124. The van der Waals surface area contributed by atoms with Gasteiger partial charge in [0, 0.05) is 37.9 Å². The zero-order chi connectivity index (χ0) is 18.2. The first kappa shape index (κ1) is 19.3. The average Bonchev–Trinajstić information content (AvgIpc) is 2.58. The second kappa shape index (κ2) is 9.48. The fourth-order valence-corrected chi connectivity index (χ4v) is 2.67. The highest BCUT2D eigenvalue weighted by atomic mass is 19.1. The smallest absolute Gasteiger partial charge is 0.238 e. The van der Waals surface area contributed by atoms with Gasteiger partial charge in [-0.25, -0.2) is 4.39 Å². The maximum Gasteiger partial charge on any atom is 0.238 e.